The molecule has 2 heterocycles. The number of hydrogen-bond acceptors (Lipinski definition) is 1. The maximum atomic E-state index is 4.55. The predicted molar refractivity (Wildman–Crippen MR) is 93.3 cm³/mol. The first kappa shape index (κ1) is 14.1. The largest absolute Gasteiger partial charge is 0.260 e. The van der Waals surface area contributed by atoms with Crippen molar-refractivity contribution in [2.75, 3.05) is 0 Å². The zero-order valence-corrected chi connectivity index (χ0v) is 14.1. The van der Waals surface area contributed by atoms with Crippen LogP contribution in [0.4, 0.5) is 0 Å². The molecule has 2 heteroatoms. The fourth-order valence-electron chi connectivity index (χ4n) is 3.71. The normalized spacial score (nSPS) is 12.2. The maximum Gasteiger partial charge on any atom is 0.212 e. The van der Waals surface area contributed by atoms with Crippen LogP contribution in [0.25, 0.3) is 22.4 Å². The summed E-state index contributed by atoms with van der Waals surface area (Å²) in [6.07, 6.45) is 2.80. The minimum atomic E-state index is 0.916. The molecule has 0 spiro atoms. The zero-order chi connectivity index (χ0) is 16.1. The van der Waals surface area contributed by atoms with E-state index in [1.807, 2.05) is 12.3 Å². The van der Waals surface area contributed by atoms with Crippen molar-refractivity contribution in [2.45, 2.75) is 27.2 Å². The molecule has 1 aromatic carbocycles. The van der Waals surface area contributed by atoms with E-state index in [4.69, 9.17) is 0 Å². The fourth-order valence-corrected chi connectivity index (χ4v) is 3.71. The van der Waals surface area contributed by atoms with Gasteiger partial charge in [-0.15, -0.1) is 0 Å². The van der Waals surface area contributed by atoms with E-state index in [1.165, 1.54) is 50.5 Å². The van der Waals surface area contributed by atoms with Crippen molar-refractivity contribution >= 4 is 0 Å². The molecule has 23 heavy (non-hydrogen) atoms. The van der Waals surface area contributed by atoms with Crippen LogP contribution in [0.15, 0.2) is 42.6 Å². The molecule has 0 saturated heterocycles. The molecule has 1 aliphatic rings. The zero-order valence-electron chi connectivity index (χ0n) is 14.1. The summed E-state index contributed by atoms with van der Waals surface area (Å²) in [6, 6.07) is 13.3. The third-order valence-electron chi connectivity index (χ3n) is 5.09. The highest BCUT2D eigenvalue weighted by atomic mass is 15.0. The lowest BCUT2D eigenvalue weighted by Crippen LogP contribution is -2.36. The topological polar surface area (TPSA) is 16.8 Å². The van der Waals surface area contributed by atoms with Crippen LogP contribution in [0.1, 0.15) is 28.1 Å². The monoisotopic (exact) mass is 301 g/mol. The summed E-state index contributed by atoms with van der Waals surface area (Å²) in [5, 5.41) is 0. The summed E-state index contributed by atoms with van der Waals surface area (Å²) in [6.45, 7) is 6.58. The van der Waals surface area contributed by atoms with E-state index in [9.17, 15) is 0 Å². The Morgan fingerprint density at radius 1 is 0.957 bits per heavy atom. The quantitative estimate of drug-likeness (QED) is 0.484. The van der Waals surface area contributed by atoms with Gasteiger partial charge in [0.15, 0.2) is 5.69 Å². The van der Waals surface area contributed by atoms with E-state index in [0.29, 0.717) is 0 Å². The average Bonchev–Trinajstić information content (AvgIpc) is 2.91. The summed E-state index contributed by atoms with van der Waals surface area (Å²) in [4.78, 5) is 4.55. The fraction of sp³-hybridized carbons (Fsp3) is 0.238. The molecule has 3 aromatic rings. The first-order valence-corrected chi connectivity index (χ1v) is 8.10. The van der Waals surface area contributed by atoms with Crippen molar-refractivity contribution in [3.05, 3.63) is 70.7 Å². The molecular weight excluding hydrogens is 280 g/mol. The highest BCUT2D eigenvalue weighted by Crippen LogP contribution is 2.35. The molecule has 2 aromatic heterocycles. The molecule has 0 unspecified atom stereocenters. The van der Waals surface area contributed by atoms with E-state index in [1.54, 1.807) is 0 Å². The third kappa shape index (κ3) is 2.09. The van der Waals surface area contributed by atoms with Crippen molar-refractivity contribution < 1.29 is 4.57 Å². The number of fused-ring (bicyclic) bond motifs is 3. The Balaban J connectivity index is 1.93. The van der Waals surface area contributed by atoms with Crippen molar-refractivity contribution in [1.82, 2.24) is 4.98 Å². The van der Waals surface area contributed by atoms with E-state index in [2.05, 4.69) is 67.7 Å². The minimum absolute atomic E-state index is 0.916. The Kier molecular flexibility index (Phi) is 3.08. The molecule has 1 aliphatic carbocycles. The molecule has 2 nitrogen and oxygen atoms in total. The average molecular weight is 301 g/mol. The van der Waals surface area contributed by atoms with Gasteiger partial charge in [-0.25, -0.2) is 0 Å². The Bertz CT molecular complexity index is 939. The molecule has 0 amide bonds. The van der Waals surface area contributed by atoms with Crippen molar-refractivity contribution in [1.29, 1.82) is 0 Å². The third-order valence-corrected chi connectivity index (χ3v) is 5.09. The first-order valence-electron chi connectivity index (χ1n) is 8.10. The van der Waals surface area contributed by atoms with Crippen LogP contribution in [0.5, 0.6) is 0 Å². The highest BCUT2D eigenvalue weighted by molar-refractivity contribution is 5.74. The van der Waals surface area contributed by atoms with Gasteiger partial charge in [0.25, 0.3) is 0 Å². The van der Waals surface area contributed by atoms with Crippen molar-refractivity contribution in [3.63, 3.8) is 0 Å². The van der Waals surface area contributed by atoms with Crippen molar-refractivity contribution in [3.8, 4) is 22.4 Å². The van der Waals surface area contributed by atoms with Crippen LogP contribution in [0, 0.1) is 20.8 Å². The van der Waals surface area contributed by atoms with Gasteiger partial charge in [0.1, 0.15) is 7.05 Å². The summed E-state index contributed by atoms with van der Waals surface area (Å²) in [5.74, 6) is 0. The SMILES string of the molecule is Cc1cc(C)c(C)c(-c2ccc3c([n+]2C)Cc2ncccc2-3)c1. The minimum Gasteiger partial charge on any atom is -0.260 e. The molecular formula is C21H21N2+. The lowest BCUT2D eigenvalue weighted by Gasteiger charge is -2.11. The second-order valence-electron chi connectivity index (χ2n) is 6.57. The van der Waals surface area contributed by atoms with Crippen LogP contribution in [-0.4, -0.2) is 4.98 Å². The van der Waals surface area contributed by atoms with E-state index in [0.717, 1.165) is 6.42 Å². The Labute approximate surface area is 137 Å². The lowest BCUT2D eigenvalue weighted by atomic mass is 9.96. The molecule has 0 aliphatic heterocycles. The van der Waals surface area contributed by atoms with Gasteiger partial charge in [-0.05, 0) is 50.1 Å². The summed E-state index contributed by atoms with van der Waals surface area (Å²) >= 11 is 0. The standard InChI is InChI=1S/C21H21N2/c1-13-10-14(2)15(3)18(11-13)20-8-7-17-16-6-5-9-22-19(16)12-21(17)23(20)4/h5-11H,12H2,1-4H3/q+1. The Morgan fingerprint density at radius 2 is 1.78 bits per heavy atom. The summed E-state index contributed by atoms with van der Waals surface area (Å²) < 4.78 is 2.35. The number of rotatable bonds is 1. The van der Waals surface area contributed by atoms with Gasteiger partial charge in [-0.2, -0.15) is 4.57 Å². The number of aromatic nitrogens is 2. The molecule has 0 radical (unpaired) electrons. The number of pyridine rings is 2. The van der Waals surface area contributed by atoms with Gasteiger partial charge in [-0.3, -0.25) is 4.98 Å². The van der Waals surface area contributed by atoms with Crippen LogP contribution in [-0.2, 0) is 13.5 Å². The predicted octanol–water partition coefficient (Wildman–Crippen LogP) is 4.07. The van der Waals surface area contributed by atoms with Gasteiger partial charge in [0.2, 0.25) is 5.69 Å². The number of aryl methyl sites for hydroxylation is 2. The van der Waals surface area contributed by atoms with Crippen LogP contribution < -0.4 is 4.57 Å². The van der Waals surface area contributed by atoms with Gasteiger partial charge in [0.05, 0.1) is 17.7 Å². The van der Waals surface area contributed by atoms with E-state index in [-0.39, 0.29) is 0 Å². The van der Waals surface area contributed by atoms with E-state index >= 15 is 0 Å². The second-order valence-corrected chi connectivity index (χ2v) is 6.57. The van der Waals surface area contributed by atoms with Gasteiger partial charge in [-0.1, -0.05) is 17.7 Å². The van der Waals surface area contributed by atoms with Crippen molar-refractivity contribution in [2.24, 2.45) is 7.05 Å². The number of benzene rings is 1. The first-order chi connectivity index (χ1) is 11.1. The molecule has 4 rings (SSSR count). The number of nitrogens with zero attached hydrogens (tertiary/aromatic N) is 2. The van der Waals surface area contributed by atoms with Gasteiger partial charge in [0, 0.05) is 23.4 Å². The smallest absolute Gasteiger partial charge is 0.212 e. The molecule has 0 bridgehead atoms. The maximum absolute atomic E-state index is 4.55. The Hall–Kier alpha value is -2.48. The van der Waals surface area contributed by atoms with Crippen LogP contribution in [0.3, 0.4) is 0 Å². The molecule has 0 fully saturated rings. The molecule has 114 valence electrons. The van der Waals surface area contributed by atoms with E-state index < -0.39 is 0 Å². The highest BCUT2D eigenvalue weighted by Gasteiger charge is 2.29. The van der Waals surface area contributed by atoms with Gasteiger partial charge < -0.3 is 0 Å². The summed E-state index contributed by atoms with van der Waals surface area (Å²) in [7, 11) is 2.18. The summed E-state index contributed by atoms with van der Waals surface area (Å²) in [5.41, 5.74) is 11.8. The Morgan fingerprint density at radius 3 is 2.61 bits per heavy atom. The lowest BCUT2D eigenvalue weighted by molar-refractivity contribution is -0.667. The van der Waals surface area contributed by atoms with Crippen LogP contribution in [0.2, 0.25) is 0 Å². The second kappa shape index (κ2) is 5.02. The molecule has 0 N–H and O–H groups in total. The molecule has 0 saturated carbocycles. The van der Waals surface area contributed by atoms with Crippen LogP contribution >= 0.6 is 0 Å². The number of hydrogen-bond donors (Lipinski definition) is 0. The van der Waals surface area contributed by atoms with Gasteiger partial charge >= 0.3 is 0 Å². The molecule has 0 atom stereocenters.